The molecule has 82 valence electrons. The van der Waals surface area contributed by atoms with Crippen molar-refractivity contribution >= 4 is 28.8 Å². The van der Waals surface area contributed by atoms with Crippen LogP contribution in [0, 0.1) is 0 Å². The standard InChI is InChI=1S/C10H12ClNO2S/c11-6-10(3-4-14-7-10)12-9(13)8-2-1-5-15-8/h1-2,5H,3-4,6-7H2,(H,12,13). The summed E-state index contributed by atoms with van der Waals surface area (Å²) in [5.74, 6) is 0.334. The Labute approximate surface area is 97.4 Å². The quantitative estimate of drug-likeness (QED) is 0.826. The largest absolute Gasteiger partial charge is 0.379 e. The highest BCUT2D eigenvalue weighted by Crippen LogP contribution is 2.21. The Kier molecular flexibility index (Phi) is 3.29. The van der Waals surface area contributed by atoms with Crippen molar-refractivity contribution < 1.29 is 9.53 Å². The fraction of sp³-hybridized carbons (Fsp3) is 0.500. The van der Waals surface area contributed by atoms with Gasteiger partial charge in [-0.1, -0.05) is 6.07 Å². The second kappa shape index (κ2) is 4.51. The lowest BCUT2D eigenvalue weighted by atomic mass is 10.0. The van der Waals surface area contributed by atoms with Gasteiger partial charge in [0.1, 0.15) is 0 Å². The van der Waals surface area contributed by atoms with Crippen molar-refractivity contribution in [3.05, 3.63) is 22.4 Å². The number of ether oxygens (including phenoxy) is 1. The summed E-state index contributed by atoms with van der Waals surface area (Å²) in [6.45, 7) is 1.17. The summed E-state index contributed by atoms with van der Waals surface area (Å²) in [4.78, 5) is 12.5. The number of carbonyl (C=O) groups is 1. The van der Waals surface area contributed by atoms with Crippen LogP contribution >= 0.6 is 22.9 Å². The van der Waals surface area contributed by atoms with Crippen molar-refractivity contribution in [1.29, 1.82) is 0 Å². The summed E-state index contributed by atoms with van der Waals surface area (Å²) in [6, 6.07) is 3.66. The molecule has 2 rings (SSSR count). The molecule has 15 heavy (non-hydrogen) atoms. The molecule has 0 aliphatic carbocycles. The number of rotatable bonds is 3. The number of hydrogen-bond donors (Lipinski definition) is 1. The SMILES string of the molecule is O=C(NC1(CCl)CCOC1)c1cccs1. The minimum absolute atomic E-state index is 0.0591. The minimum Gasteiger partial charge on any atom is -0.379 e. The van der Waals surface area contributed by atoms with E-state index in [1.807, 2.05) is 11.4 Å². The molecule has 0 bridgehead atoms. The Morgan fingerprint density at radius 1 is 1.73 bits per heavy atom. The first-order valence-electron chi connectivity index (χ1n) is 4.75. The van der Waals surface area contributed by atoms with Crippen LogP contribution in [0.4, 0.5) is 0 Å². The molecule has 1 saturated heterocycles. The van der Waals surface area contributed by atoms with E-state index in [9.17, 15) is 4.79 Å². The van der Waals surface area contributed by atoms with Gasteiger partial charge in [-0.2, -0.15) is 0 Å². The van der Waals surface area contributed by atoms with Gasteiger partial charge in [0.15, 0.2) is 0 Å². The third-order valence-electron chi connectivity index (χ3n) is 2.48. The maximum atomic E-state index is 11.8. The molecule has 0 aromatic carbocycles. The zero-order chi connectivity index (χ0) is 10.7. The normalized spacial score (nSPS) is 25.4. The summed E-state index contributed by atoms with van der Waals surface area (Å²) < 4.78 is 5.27. The van der Waals surface area contributed by atoms with Crippen molar-refractivity contribution in [3.8, 4) is 0 Å². The first-order valence-corrected chi connectivity index (χ1v) is 6.17. The molecule has 1 aromatic rings. The first-order chi connectivity index (χ1) is 7.26. The summed E-state index contributed by atoms with van der Waals surface area (Å²) >= 11 is 7.31. The molecule has 1 amide bonds. The van der Waals surface area contributed by atoms with Gasteiger partial charge in [0, 0.05) is 12.5 Å². The minimum atomic E-state index is -0.372. The Morgan fingerprint density at radius 3 is 3.13 bits per heavy atom. The van der Waals surface area contributed by atoms with E-state index in [0.29, 0.717) is 24.0 Å². The molecule has 1 aliphatic rings. The van der Waals surface area contributed by atoms with Crippen molar-refractivity contribution in [3.63, 3.8) is 0 Å². The third kappa shape index (κ3) is 2.33. The molecule has 0 radical (unpaired) electrons. The van der Waals surface area contributed by atoms with Crippen molar-refractivity contribution in [2.75, 3.05) is 19.1 Å². The van der Waals surface area contributed by atoms with E-state index in [1.54, 1.807) is 6.07 Å². The topological polar surface area (TPSA) is 38.3 Å². The van der Waals surface area contributed by atoms with Crippen molar-refractivity contribution in [1.82, 2.24) is 5.32 Å². The fourth-order valence-corrected chi connectivity index (χ4v) is 2.45. The second-order valence-corrected chi connectivity index (χ2v) is 4.86. The predicted octanol–water partition coefficient (Wildman–Crippen LogP) is 1.88. The maximum absolute atomic E-state index is 11.8. The number of nitrogens with one attached hydrogen (secondary N) is 1. The van der Waals surface area contributed by atoms with E-state index in [2.05, 4.69) is 5.32 Å². The van der Waals surface area contributed by atoms with E-state index >= 15 is 0 Å². The molecule has 3 nitrogen and oxygen atoms in total. The van der Waals surface area contributed by atoms with Crippen LogP contribution in [0.25, 0.3) is 0 Å². The number of alkyl halides is 1. The Hall–Kier alpha value is -0.580. The molecule has 2 heterocycles. The van der Waals surface area contributed by atoms with Gasteiger partial charge in [-0.15, -0.1) is 22.9 Å². The lowest BCUT2D eigenvalue weighted by molar-refractivity contribution is 0.0896. The summed E-state index contributed by atoms with van der Waals surface area (Å²) in [5.41, 5.74) is -0.372. The second-order valence-electron chi connectivity index (χ2n) is 3.65. The van der Waals surface area contributed by atoms with Crippen LogP contribution in [-0.2, 0) is 4.74 Å². The highest BCUT2D eigenvalue weighted by molar-refractivity contribution is 7.12. The van der Waals surface area contributed by atoms with E-state index in [0.717, 1.165) is 6.42 Å². The van der Waals surface area contributed by atoms with Crippen LogP contribution in [0.2, 0.25) is 0 Å². The fourth-order valence-electron chi connectivity index (χ4n) is 1.55. The van der Waals surface area contributed by atoms with Crippen LogP contribution in [0.5, 0.6) is 0 Å². The van der Waals surface area contributed by atoms with Gasteiger partial charge in [0.25, 0.3) is 5.91 Å². The summed E-state index contributed by atoms with van der Waals surface area (Å²) in [5, 5.41) is 4.84. The molecule has 1 aliphatic heterocycles. The maximum Gasteiger partial charge on any atom is 0.261 e. The van der Waals surface area contributed by atoms with Crippen molar-refractivity contribution in [2.45, 2.75) is 12.0 Å². The lowest BCUT2D eigenvalue weighted by Crippen LogP contribution is -2.50. The Balaban J connectivity index is 2.04. The number of amides is 1. The zero-order valence-corrected chi connectivity index (χ0v) is 9.74. The van der Waals surface area contributed by atoms with E-state index in [4.69, 9.17) is 16.3 Å². The Morgan fingerprint density at radius 2 is 2.60 bits per heavy atom. The monoisotopic (exact) mass is 245 g/mol. The number of carbonyl (C=O) groups excluding carboxylic acids is 1. The molecule has 0 spiro atoms. The van der Waals surface area contributed by atoms with Crippen LogP contribution < -0.4 is 5.32 Å². The highest BCUT2D eigenvalue weighted by atomic mass is 35.5. The number of halogens is 1. The van der Waals surface area contributed by atoms with Crippen LogP contribution in [0.1, 0.15) is 16.1 Å². The smallest absolute Gasteiger partial charge is 0.261 e. The zero-order valence-electron chi connectivity index (χ0n) is 8.16. The molecular weight excluding hydrogens is 234 g/mol. The summed E-state index contributed by atoms with van der Waals surface area (Å²) in [6.07, 6.45) is 0.785. The molecule has 1 unspecified atom stereocenters. The van der Waals surface area contributed by atoms with Gasteiger partial charge in [-0.25, -0.2) is 0 Å². The van der Waals surface area contributed by atoms with Gasteiger partial charge in [-0.3, -0.25) is 4.79 Å². The van der Waals surface area contributed by atoms with Gasteiger partial charge >= 0.3 is 0 Å². The lowest BCUT2D eigenvalue weighted by Gasteiger charge is -2.25. The van der Waals surface area contributed by atoms with Crippen LogP contribution in [-0.4, -0.2) is 30.5 Å². The van der Waals surface area contributed by atoms with Crippen LogP contribution in [0.3, 0.4) is 0 Å². The van der Waals surface area contributed by atoms with Gasteiger partial charge in [-0.05, 0) is 17.9 Å². The molecule has 5 heteroatoms. The number of hydrogen-bond acceptors (Lipinski definition) is 3. The van der Waals surface area contributed by atoms with Gasteiger partial charge in [0.05, 0.1) is 17.0 Å². The third-order valence-corrected chi connectivity index (χ3v) is 3.86. The Bertz CT molecular complexity index is 333. The number of thiophene rings is 1. The molecule has 1 fully saturated rings. The van der Waals surface area contributed by atoms with E-state index in [1.165, 1.54) is 11.3 Å². The molecule has 1 atom stereocenters. The molecule has 1 N–H and O–H groups in total. The average molecular weight is 246 g/mol. The predicted molar refractivity (Wildman–Crippen MR) is 60.7 cm³/mol. The van der Waals surface area contributed by atoms with Crippen LogP contribution in [0.15, 0.2) is 17.5 Å². The highest BCUT2D eigenvalue weighted by Gasteiger charge is 2.35. The van der Waals surface area contributed by atoms with Crippen molar-refractivity contribution in [2.24, 2.45) is 0 Å². The average Bonchev–Trinajstić information content (AvgIpc) is 2.88. The summed E-state index contributed by atoms with van der Waals surface area (Å²) in [7, 11) is 0. The molecule has 1 aromatic heterocycles. The first kappa shape index (κ1) is 10.9. The van der Waals surface area contributed by atoms with Gasteiger partial charge in [0.2, 0.25) is 0 Å². The molecule has 0 saturated carbocycles. The van der Waals surface area contributed by atoms with E-state index in [-0.39, 0.29) is 11.4 Å². The molecular formula is C10H12ClNO2S. The van der Waals surface area contributed by atoms with Gasteiger partial charge < -0.3 is 10.1 Å². The van der Waals surface area contributed by atoms with E-state index < -0.39 is 0 Å².